The smallest absolute Gasteiger partial charge is 0.257 e. The van der Waals surface area contributed by atoms with Crippen LogP contribution in [0, 0.1) is 0 Å². The number of carbonyl (C=O) groups is 1. The molecule has 3 rings (SSSR count). The van der Waals surface area contributed by atoms with Crippen molar-refractivity contribution < 1.29 is 18.7 Å². The molecule has 0 spiro atoms. The fourth-order valence-corrected chi connectivity index (χ4v) is 2.99. The number of carbonyl (C=O) groups excluding carboxylic acids is 1. The van der Waals surface area contributed by atoms with E-state index >= 15 is 0 Å². The SMILES string of the molecule is COc1ccc(OC)c(C(=O)N(C)Cc2ccc(-c3ccc(Br)cc3)o2)c1. The molecule has 0 bridgehead atoms. The minimum absolute atomic E-state index is 0.174. The Bertz CT molecular complexity index is 934. The van der Waals surface area contributed by atoms with Gasteiger partial charge in [0, 0.05) is 17.1 Å². The monoisotopic (exact) mass is 429 g/mol. The first-order chi connectivity index (χ1) is 13.0. The predicted octanol–water partition coefficient (Wildman–Crippen LogP) is 5.00. The highest BCUT2D eigenvalue weighted by atomic mass is 79.9. The summed E-state index contributed by atoms with van der Waals surface area (Å²) in [5, 5.41) is 0. The summed E-state index contributed by atoms with van der Waals surface area (Å²) in [6.45, 7) is 0.343. The van der Waals surface area contributed by atoms with Crippen LogP contribution in [0.25, 0.3) is 11.3 Å². The normalized spacial score (nSPS) is 10.5. The Hall–Kier alpha value is -2.73. The number of amides is 1. The molecule has 2 aromatic carbocycles. The van der Waals surface area contributed by atoms with Crippen molar-refractivity contribution in [2.75, 3.05) is 21.3 Å². The van der Waals surface area contributed by atoms with Crippen LogP contribution < -0.4 is 9.47 Å². The van der Waals surface area contributed by atoms with Crippen LogP contribution in [0.3, 0.4) is 0 Å². The van der Waals surface area contributed by atoms with E-state index in [1.807, 2.05) is 36.4 Å². The molecule has 0 N–H and O–H groups in total. The van der Waals surface area contributed by atoms with E-state index in [4.69, 9.17) is 13.9 Å². The van der Waals surface area contributed by atoms with Gasteiger partial charge < -0.3 is 18.8 Å². The maximum Gasteiger partial charge on any atom is 0.257 e. The highest BCUT2D eigenvalue weighted by molar-refractivity contribution is 9.10. The molecule has 0 atom stereocenters. The second kappa shape index (κ2) is 8.31. The van der Waals surface area contributed by atoms with Crippen LogP contribution in [0.1, 0.15) is 16.1 Å². The minimum atomic E-state index is -0.174. The molecule has 3 aromatic rings. The predicted molar refractivity (Wildman–Crippen MR) is 107 cm³/mol. The molecule has 1 heterocycles. The molecule has 0 aliphatic heterocycles. The zero-order chi connectivity index (χ0) is 19.4. The van der Waals surface area contributed by atoms with Gasteiger partial charge in [-0.15, -0.1) is 0 Å². The molecule has 1 amide bonds. The Labute approximate surface area is 166 Å². The Morgan fingerprint density at radius 1 is 1.04 bits per heavy atom. The molecule has 27 heavy (non-hydrogen) atoms. The molecule has 1 aromatic heterocycles. The van der Waals surface area contributed by atoms with Gasteiger partial charge in [0.05, 0.1) is 26.3 Å². The first-order valence-corrected chi connectivity index (χ1v) is 9.13. The third kappa shape index (κ3) is 4.34. The van der Waals surface area contributed by atoms with Crippen LogP contribution in [-0.2, 0) is 6.54 Å². The number of hydrogen-bond acceptors (Lipinski definition) is 4. The van der Waals surface area contributed by atoms with Gasteiger partial charge in [-0.2, -0.15) is 0 Å². The van der Waals surface area contributed by atoms with Gasteiger partial charge in [0.1, 0.15) is 23.0 Å². The molecule has 5 nitrogen and oxygen atoms in total. The summed E-state index contributed by atoms with van der Waals surface area (Å²) in [6, 6.07) is 16.8. The largest absolute Gasteiger partial charge is 0.497 e. The minimum Gasteiger partial charge on any atom is -0.497 e. The summed E-state index contributed by atoms with van der Waals surface area (Å²) in [7, 11) is 4.82. The van der Waals surface area contributed by atoms with Crippen molar-refractivity contribution >= 4 is 21.8 Å². The van der Waals surface area contributed by atoms with Gasteiger partial charge >= 0.3 is 0 Å². The first-order valence-electron chi connectivity index (χ1n) is 8.34. The number of furan rings is 1. The molecule has 0 aliphatic rings. The third-order valence-corrected chi connectivity index (χ3v) is 4.70. The average molecular weight is 430 g/mol. The van der Waals surface area contributed by atoms with Gasteiger partial charge in [-0.25, -0.2) is 0 Å². The maximum absolute atomic E-state index is 12.9. The summed E-state index contributed by atoms with van der Waals surface area (Å²) < 4.78 is 17.4. The lowest BCUT2D eigenvalue weighted by Crippen LogP contribution is -2.26. The quantitative estimate of drug-likeness (QED) is 0.553. The van der Waals surface area contributed by atoms with Crippen molar-refractivity contribution in [1.82, 2.24) is 4.90 Å². The Morgan fingerprint density at radius 3 is 2.44 bits per heavy atom. The summed E-state index contributed by atoms with van der Waals surface area (Å²) in [4.78, 5) is 14.4. The zero-order valence-corrected chi connectivity index (χ0v) is 16.9. The number of hydrogen-bond donors (Lipinski definition) is 0. The number of benzene rings is 2. The van der Waals surface area contributed by atoms with Crippen LogP contribution in [0.4, 0.5) is 0 Å². The highest BCUT2D eigenvalue weighted by Crippen LogP contribution is 2.27. The molecule has 140 valence electrons. The zero-order valence-electron chi connectivity index (χ0n) is 15.4. The standard InChI is InChI=1S/C21H20BrNO4/c1-23(21(24)18-12-16(25-2)8-11-20(18)26-3)13-17-9-10-19(27-17)14-4-6-15(22)7-5-14/h4-12H,13H2,1-3H3. The maximum atomic E-state index is 12.9. The number of nitrogens with zero attached hydrogens (tertiary/aromatic N) is 1. The fourth-order valence-electron chi connectivity index (χ4n) is 2.72. The van der Waals surface area contributed by atoms with Crippen molar-refractivity contribution in [2.24, 2.45) is 0 Å². The Morgan fingerprint density at radius 2 is 1.78 bits per heavy atom. The Balaban J connectivity index is 1.76. The Kier molecular flexibility index (Phi) is 5.86. The van der Waals surface area contributed by atoms with E-state index in [1.54, 1.807) is 37.3 Å². The van der Waals surface area contributed by atoms with Gasteiger partial charge in [0.2, 0.25) is 0 Å². The van der Waals surface area contributed by atoms with Crippen molar-refractivity contribution in [3.8, 4) is 22.8 Å². The van der Waals surface area contributed by atoms with Crippen LogP contribution in [0.2, 0.25) is 0 Å². The number of methoxy groups -OCH3 is 2. The number of halogens is 1. The van der Waals surface area contributed by atoms with Gasteiger partial charge in [-0.1, -0.05) is 28.1 Å². The second-order valence-corrected chi connectivity index (χ2v) is 6.92. The van der Waals surface area contributed by atoms with Crippen molar-refractivity contribution in [1.29, 1.82) is 0 Å². The molecule has 0 unspecified atom stereocenters. The van der Waals surface area contributed by atoms with Crippen LogP contribution in [0.5, 0.6) is 11.5 Å². The molecular formula is C21H20BrNO4. The third-order valence-electron chi connectivity index (χ3n) is 4.17. The lowest BCUT2D eigenvalue weighted by atomic mass is 10.1. The molecule has 0 saturated heterocycles. The second-order valence-electron chi connectivity index (χ2n) is 6.00. The van der Waals surface area contributed by atoms with Gasteiger partial charge in [-0.3, -0.25) is 4.79 Å². The summed E-state index contributed by atoms with van der Waals surface area (Å²) in [6.07, 6.45) is 0. The summed E-state index contributed by atoms with van der Waals surface area (Å²) in [5.41, 5.74) is 1.42. The van der Waals surface area contributed by atoms with Crippen LogP contribution >= 0.6 is 15.9 Å². The van der Waals surface area contributed by atoms with E-state index in [0.29, 0.717) is 29.4 Å². The molecule has 0 radical (unpaired) electrons. The fraction of sp³-hybridized carbons (Fsp3) is 0.190. The highest BCUT2D eigenvalue weighted by Gasteiger charge is 2.19. The van der Waals surface area contributed by atoms with Crippen molar-refractivity contribution in [2.45, 2.75) is 6.54 Å². The molecular weight excluding hydrogens is 410 g/mol. The molecule has 0 fully saturated rings. The van der Waals surface area contributed by atoms with Crippen LogP contribution in [0.15, 0.2) is 63.5 Å². The lowest BCUT2D eigenvalue weighted by molar-refractivity contribution is 0.0772. The number of rotatable bonds is 6. The van der Waals surface area contributed by atoms with Crippen LogP contribution in [-0.4, -0.2) is 32.1 Å². The van der Waals surface area contributed by atoms with E-state index < -0.39 is 0 Å². The summed E-state index contributed by atoms with van der Waals surface area (Å²) in [5.74, 6) is 2.39. The molecule has 0 aliphatic carbocycles. The summed E-state index contributed by atoms with van der Waals surface area (Å²) >= 11 is 3.42. The van der Waals surface area contributed by atoms with Crippen molar-refractivity contribution in [3.63, 3.8) is 0 Å². The average Bonchev–Trinajstić information content (AvgIpc) is 3.15. The van der Waals surface area contributed by atoms with E-state index in [-0.39, 0.29) is 5.91 Å². The molecule has 6 heteroatoms. The van der Waals surface area contributed by atoms with Crippen molar-refractivity contribution in [3.05, 3.63) is 70.4 Å². The van der Waals surface area contributed by atoms with Gasteiger partial charge in [0.15, 0.2) is 0 Å². The number of ether oxygens (including phenoxy) is 2. The van der Waals surface area contributed by atoms with E-state index in [0.717, 1.165) is 15.8 Å². The topological polar surface area (TPSA) is 51.9 Å². The van der Waals surface area contributed by atoms with Gasteiger partial charge in [-0.05, 0) is 42.5 Å². The lowest BCUT2D eigenvalue weighted by Gasteiger charge is -2.18. The van der Waals surface area contributed by atoms with Gasteiger partial charge in [0.25, 0.3) is 5.91 Å². The first kappa shape index (κ1) is 19.0. The van der Waals surface area contributed by atoms with E-state index in [1.165, 1.54) is 7.11 Å². The van der Waals surface area contributed by atoms with E-state index in [9.17, 15) is 4.79 Å². The van der Waals surface area contributed by atoms with E-state index in [2.05, 4.69) is 15.9 Å². The molecule has 0 saturated carbocycles.